The molecular weight excluding hydrogens is 755 g/mol. The summed E-state index contributed by atoms with van der Waals surface area (Å²) in [5, 5.41) is 2.25. The number of anilines is 6. The number of nitrogens with zero attached hydrogens (tertiary/aromatic N) is 3. The summed E-state index contributed by atoms with van der Waals surface area (Å²) in [5.41, 5.74) is 16.2. The molecule has 1 aliphatic rings. The van der Waals surface area contributed by atoms with Crippen molar-refractivity contribution in [2.45, 2.75) is 19.3 Å². The van der Waals surface area contributed by atoms with E-state index >= 15 is 0 Å². The standard InChI is InChI=1S/C54H41N3.H2S2/c1-54(2)50-27-13-12-26-49(50)53-51(54)35-48(56(44-22-10-5-11-23-44)45-24-14-20-40(32-45)38-16-6-3-7-17-38)36-52(53)57(47-29-28-43-37-55-31-30-42(43)34-47)46-25-15-21-41(33-46)39-18-8-4-9-19-39;1-2/h3-37H,1-2H3;1-2H. The Balaban J connectivity index is 0.00000221. The summed E-state index contributed by atoms with van der Waals surface area (Å²) in [7, 11) is 0. The van der Waals surface area contributed by atoms with Crippen LogP contribution < -0.4 is 9.80 Å². The zero-order chi connectivity index (χ0) is 40.3. The minimum Gasteiger partial charge on any atom is -0.310 e. The Morgan fingerprint density at radius 3 is 1.61 bits per heavy atom. The predicted octanol–water partition coefficient (Wildman–Crippen LogP) is 15.6. The molecule has 0 atom stereocenters. The van der Waals surface area contributed by atoms with Gasteiger partial charge in [-0.2, -0.15) is 0 Å². The Labute approximate surface area is 357 Å². The average Bonchev–Trinajstić information content (AvgIpc) is 3.54. The third-order valence-corrected chi connectivity index (χ3v) is 11.5. The van der Waals surface area contributed by atoms with Crippen molar-refractivity contribution in [2.24, 2.45) is 0 Å². The van der Waals surface area contributed by atoms with E-state index in [0.29, 0.717) is 0 Å². The van der Waals surface area contributed by atoms with Gasteiger partial charge in [0.15, 0.2) is 0 Å². The molecular formula is C54H43N3S2. The molecule has 0 saturated carbocycles. The molecule has 59 heavy (non-hydrogen) atoms. The van der Waals surface area contributed by atoms with Gasteiger partial charge in [0.05, 0.1) is 5.69 Å². The highest BCUT2D eigenvalue weighted by molar-refractivity contribution is 8.59. The topological polar surface area (TPSA) is 19.4 Å². The third kappa shape index (κ3) is 7.18. The van der Waals surface area contributed by atoms with Crippen LogP contribution in [0.1, 0.15) is 25.0 Å². The molecule has 1 heterocycles. The molecule has 286 valence electrons. The van der Waals surface area contributed by atoms with Gasteiger partial charge in [-0.25, -0.2) is 0 Å². The van der Waals surface area contributed by atoms with Crippen LogP contribution in [-0.4, -0.2) is 4.98 Å². The minimum atomic E-state index is -0.252. The van der Waals surface area contributed by atoms with Crippen LogP contribution in [-0.2, 0) is 5.41 Å². The zero-order valence-corrected chi connectivity index (χ0v) is 34.7. The smallest absolute Gasteiger partial charge is 0.0564 e. The van der Waals surface area contributed by atoms with Crippen molar-refractivity contribution in [2.75, 3.05) is 9.80 Å². The van der Waals surface area contributed by atoms with Crippen LogP contribution in [0.25, 0.3) is 44.2 Å². The Hall–Kier alpha value is -6.53. The number of fused-ring (bicyclic) bond motifs is 4. The van der Waals surface area contributed by atoms with Crippen molar-refractivity contribution in [3.05, 3.63) is 224 Å². The van der Waals surface area contributed by atoms with Crippen LogP contribution in [0.3, 0.4) is 0 Å². The van der Waals surface area contributed by atoms with E-state index in [1.807, 2.05) is 12.4 Å². The van der Waals surface area contributed by atoms with E-state index in [-0.39, 0.29) is 5.41 Å². The molecule has 9 aromatic rings. The van der Waals surface area contributed by atoms with Crippen LogP contribution in [0.5, 0.6) is 0 Å². The van der Waals surface area contributed by atoms with E-state index in [2.05, 4.69) is 252 Å². The van der Waals surface area contributed by atoms with E-state index in [0.717, 1.165) is 44.9 Å². The fraction of sp³-hybridized carbons (Fsp3) is 0.0556. The highest BCUT2D eigenvalue weighted by Gasteiger charge is 2.39. The van der Waals surface area contributed by atoms with Crippen LogP contribution in [0.2, 0.25) is 0 Å². The second-order valence-electron chi connectivity index (χ2n) is 15.3. The SMILES string of the molecule is CC1(C)c2ccccc2-c2c(N(c3cccc(-c4ccccc4)c3)c3ccc4cnccc4c3)cc(N(c3ccccc3)c3cccc(-c4ccccc4)c3)cc21.SS. The van der Waals surface area contributed by atoms with Crippen molar-refractivity contribution >= 4 is 68.2 Å². The van der Waals surface area contributed by atoms with Crippen LogP contribution >= 0.6 is 23.3 Å². The molecule has 0 spiro atoms. The summed E-state index contributed by atoms with van der Waals surface area (Å²) in [5.74, 6) is 0. The number of hydrogen-bond acceptors (Lipinski definition) is 5. The van der Waals surface area contributed by atoms with Gasteiger partial charge in [0.25, 0.3) is 0 Å². The van der Waals surface area contributed by atoms with E-state index in [1.165, 1.54) is 44.5 Å². The average molecular weight is 798 g/mol. The Kier molecular flexibility index (Phi) is 10.6. The largest absolute Gasteiger partial charge is 0.310 e. The van der Waals surface area contributed by atoms with Crippen molar-refractivity contribution in [3.8, 4) is 33.4 Å². The van der Waals surface area contributed by atoms with Gasteiger partial charge in [-0.15, -0.1) is 23.3 Å². The fourth-order valence-corrected chi connectivity index (χ4v) is 8.66. The molecule has 5 heteroatoms. The maximum atomic E-state index is 4.43. The minimum absolute atomic E-state index is 0.252. The summed E-state index contributed by atoms with van der Waals surface area (Å²) >= 11 is 6.44. The normalized spacial score (nSPS) is 12.2. The number of aromatic nitrogens is 1. The molecule has 8 aromatic carbocycles. The summed E-state index contributed by atoms with van der Waals surface area (Å²) in [6, 6.07) is 72.6. The second kappa shape index (κ2) is 16.4. The molecule has 0 bridgehead atoms. The first-order valence-corrected chi connectivity index (χ1v) is 21.4. The van der Waals surface area contributed by atoms with Gasteiger partial charge in [0.2, 0.25) is 0 Å². The van der Waals surface area contributed by atoms with Gasteiger partial charge >= 0.3 is 0 Å². The Bertz CT molecular complexity index is 2890. The number of para-hydroxylation sites is 1. The first-order valence-electron chi connectivity index (χ1n) is 19.8. The maximum Gasteiger partial charge on any atom is 0.0564 e. The first kappa shape index (κ1) is 38.0. The molecule has 0 aliphatic heterocycles. The van der Waals surface area contributed by atoms with Crippen LogP contribution in [0.4, 0.5) is 34.1 Å². The lowest BCUT2D eigenvalue weighted by Crippen LogP contribution is -2.18. The number of thiol groups is 2. The number of rotatable bonds is 8. The molecule has 0 amide bonds. The monoisotopic (exact) mass is 797 g/mol. The molecule has 10 rings (SSSR count). The lowest BCUT2D eigenvalue weighted by molar-refractivity contribution is 0.660. The number of pyridine rings is 1. The summed E-state index contributed by atoms with van der Waals surface area (Å²) in [6.07, 6.45) is 3.82. The molecule has 0 fully saturated rings. The first-order chi connectivity index (χ1) is 29.0. The molecule has 1 aromatic heterocycles. The Morgan fingerprint density at radius 1 is 0.407 bits per heavy atom. The zero-order valence-electron chi connectivity index (χ0n) is 32.9. The Morgan fingerprint density at radius 2 is 0.949 bits per heavy atom. The molecule has 3 nitrogen and oxygen atoms in total. The quantitative estimate of drug-likeness (QED) is 0.118. The van der Waals surface area contributed by atoms with Crippen molar-refractivity contribution in [1.82, 2.24) is 4.98 Å². The van der Waals surface area contributed by atoms with Gasteiger partial charge in [-0.3, -0.25) is 4.98 Å². The van der Waals surface area contributed by atoms with Gasteiger partial charge < -0.3 is 9.80 Å². The third-order valence-electron chi connectivity index (χ3n) is 11.5. The lowest BCUT2D eigenvalue weighted by Gasteiger charge is -2.33. The molecule has 0 radical (unpaired) electrons. The van der Waals surface area contributed by atoms with Crippen molar-refractivity contribution in [3.63, 3.8) is 0 Å². The number of benzene rings is 8. The summed E-state index contributed by atoms with van der Waals surface area (Å²) in [4.78, 5) is 9.32. The molecule has 0 N–H and O–H groups in total. The van der Waals surface area contributed by atoms with E-state index in [4.69, 9.17) is 0 Å². The van der Waals surface area contributed by atoms with Crippen molar-refractivity contribution < 1.29 is 0 Å². The van der Waals surface area contributed by atoms with E-state index in [1.54, 1.807) is 0 Å². The van der Waals surface area contributed by atoms with Crippen LogP contribution in [0, 0.1) is 0 Å². The molecule has 1 aliphatic carbocycles. The van der Waals surface area contributed by atoms with E-state index < -0.39 is 0 Å². The van der Waals surface area contributed by atoms with Gasteiger partial charge in [-0.1, -0.05) is 147 Å². The second-order valence-corrected chi connectivity index (χ2v) is 15.3. The molecule has 0 unspecified atom stereocenters. The highest BCUT2D eigenvalue weighted by atomic mass is 33.1. The van der Waals surface area contributed by atoms with Crippen LogP contribution in [0.15, 0.2) is 213 Å². The summed E-state index contributed by atoms with van der Waals surface area (Å²) < 4.78 is 0. The fourth-order valence-electron chi connectivity index (χ4n) is 8.66. The number of hydrogen-bond donors (Lipinski definition) is 2. The maximum absolute atomic E-state index is 4.43. The summed E-state index contributed by atoms with van der Waals surface area (Å²) in [6.45, 7) is 4.75. The van der Waals surface area contributed by atoms with E-state index in [9.17, 15) is 0 Å². The molecule has 0 saturated heterocycles. The lowest BCUT2D eigenvalue weighted by atomic mass is 9.82. The van der Waals surface area contributed by atoms with Gasteiger partial charge in [0.1, 0.15) is 0 Å². The predicted molar refractivity (Wildman–Crippen MR) is 258 cm³/mol. The van der Waals surface area contributed by atoms with Gasteiger partial charge in [-0.05, 0) is 111 Å². The van der Waals surface area contributed by atoms with Crippen molar-refractivity contribution in [1.29, 1.82) is 0 Å². The highest BCUT2D eigenvalue weighted by Crippen LogP contribution is 2.56. The van der Waals surface area contributed by atoms with Gasteiger partial charge in [0, 0.05) is 57.2 Å².